The van der Waals surface area contributed by atoms with Gasteiger partial charge >= 0.3 is 5.63 Å². The van der Waals surface area contributed by atoms with Gasteiger partial charge in [-0.25, -0.2) is 4.79 Å². The highest BCUT2D eigenvalue weighted by Gasteiger charge is 2.12. The molecule has 0 saturated carbocycles. The van der Waals surface area contributed by atoms with Crippen LogP contribution < -0.4 is 5.63 Å². The average Bonchev–Trinajstić information content (AvgIpc) is 2.28. The normalized spacial score (nSPS) is 12.6. The van der Waals surface area contributed by atoms with Gasteiger partial charge in [-0.3, -0.25) is 10.1 Å². The molecule has 1 unspecified atom stereocenters. The standard InChI is InChI=1S/C11H9NO5/c1-6(13)10-4-7-2-3-8(12(15)16)5-9(7)11(14)17-10/h2-6,13H,1H3. The molecular formula is C11H9NO5. The molecule has 0 aliphatic carbocycles. The number of hydrogen-bond donors (Lipinski definition) is 1. The van der Waals surface area contributed by atoms with Crippen LogP contribution in [-0.2, 0) is 0 Å². The smallest absolute Gasteiger partial charge is 0.344 e. The predicted molar refractivity (Wildman–Crippen MR) is 59.8 cm³/mol. The molecule has 0 aliphatic heterocycles. The number of nitro benzene ring substituents is 1. The van der Waals surface area contributed by atoms with E-state index in [0.29, 0.717) is 5.39 Å². The zero-order valence-corrected chi connectivity index (χ0v) is 8.91. The van der Waals surface area contributed by atoms with Crippen molar-refractivity contribution in [1.82, 2.24) is 0 Å². The lowest BCUT2D eigenvalue weighted by molar-refractivity contribution is -0.384. The Morgan fingerprint density at radius 2 is 2.12 bits per heavy atom. The fourth-order valence-corrected chi connectivity index (χ4v) is 1.51. The average molecular weight is 235 g/mol. The Morgan fingerprint density at radius 1 is 1.41 bits per heavy atom. The van der Waals surface area contributed by atoms with E-state index in [1.807, 2.05) is 0 Å². The van der Waals surface area contributed by atoms with E-state index in [0.717, 1.165) is 6.07 Å². The molecule has 0 fully saturated rings. The summed E-state index contributed by atoms with van der Waals surface area (Å²) in [4.78, 5) is 21.6. The van der Waals surface area contributed by atoms with E-state index in [4.69, 9.17) is 4.42 Å². The second-order valence-electron chi connectivity index (χ2n) is 3.64. The predicted octanol–water partition coefficient (Wildman–Crippen LogP) is 1.75. The van der Waals surface area contributed by atoms with Crippen LogP contribution in [0.25, 0.3) is 10.8 Å². The van der Waals surface area contributed by atoms with Crippen molar-refractivity contribution in [2.75, 3.05) is 0 Å². The third-order valence-corrected chi connectivity index (χ3v) is 2.39. The highest BCUT2D eigenvalue weighted by Crippen LogP contribution is 2.21. The van der Waals surface area contributed by atoms with Gasteiger partial charge in [-0.1, -0.05) is 0 Å². The summed E-state index contributed by atoms with van der Waals surface area (Å²) < 4.78 is 4.86. The topological polar surface area (TPSA) is 93.6 Å². The number of aliphatic hydroxyl groups excluding tert-OH is 1. The molecule has 6 heteroatoms. The maximum atomic E-state index is 11.6. The lowest BCUT2D eigenvalue weighted by Gasteiger charge is -2.04. The van der Waals surface area contributed by atoms with Crippen LogP contribution in [0.4, 0.5) is 5.69 Å². The van der Waals surface area contributed by atoms with Gasteiger partial charge in [0.15, 0.2) is 0 Å². The number of aliphatic hydroxyl groups is 1. The fraction of sp³-hybridized carbons (Fsp3) is 0.182. The number of nitro groups is 1. The quantitative estimate of drug-likeness (QED) is 0.632. The van der Waals surface area contributed by atoms with Crippen LogP contribution in [0, 0.1) is 10.1 Å². The van der Waals surface area contributed by atoms with Crippen LogP contribution in [0.5, 0.6) is 0 Å². The van der Waals surface area contributed by atoms with E-state index >= 15 is 0 Å². The van der Waals surface area contributed by atoms with Gasteiger partial charge in [-0.05, 0) is 24.4 Å². The molecular weight excluding hydrogens is 226 g/mol. The third-order valence-electron chi connectivity index (χ3n) is 2.39. The van der Waals surface area contributed by atoms with E-state index in [-0.39, 0.29) is 16.8 Å². The Morgan fingerprint density at radius 3 is 2.71 bits per heavy atom. The molecule has 1 aromatic carbocycles. The number of benzene rings is 1. The van der Waals surface area contributed by atoms with Crippen LogP contribution in [-0.4, -0.2) is 10.0 Å². The molecule has 0 spiro atoms. The van der Waals surface area contributed by atoms with Crippen molar-refractivity contribution in [3.05, 3.63) is 50.6 Å². The second kappa shape index (κ2) is 3.99. The lowest BCUT2D eigenvalue weighted by atomic mass is 10.1. The van der Waals surface area contributed by atoms with Crippen LogP contribution >= 0.6 is 0 Å². The molecule has 2 rings (SSSR count). The van der Waals surface area contributed by atoms with Gasteiger partial charge in [-0.2, -0.15) is 0 Å². The van der Waals surface area contributed by atoms with E-state index in [1.54, 1.807) is 0 Å². The van der Waals surface area contributed by atoms with Crippen molar-refractivity contribution < 1.29 is 14.4 Å². The number of non-ortho nitro benzene ring substituents is 1. The highest BCUT2D eigenvalue weighted by atomic mass is 16.6. The zero-order chi connectivity index (χ0) is 12.6. The maximum Gasteiger partial charge on any atom is 0.344 e. The van der Waals surface area contributed by atoms with Gasteiger partial charge in [0.2, 0.25) is 0 Å². The van der Waals surface area contributed by atoms with Gasteiger partial charge in [0.25, 0.3) is 5.69 Å². The molecule has 2 aromatic rings. The molecule has 0 amide bonds. The molecule has 1 aromatic heterocycles. The van der Waals surface area contributed by atoms with Crippen molar-refractivity contribution in [2.24, 2.45) is 0 Å². The van der Waals surface area contributed by atoms with Crippen molar-refractivity contribution >= 4 is 16.5 Å². The van der Waals surface area contributed by atoms with Gasteiger partial charge in [-0.15, -0.1) is 0 Å². The van der Waals surface area contributed by atoms with Crippen LogP contribution in [0.2, 0.25) is 0 Å². The number of fused-ring (bicyclic) bond motifs is 1. The van der Waals surface area contributed by atoms with Gasteiger partial charge in [0.1, 0.15) is 11.9 Å². The summed E-state index contributed by atoms with van der Waals surface area (Å²) in [6.07, 6.45) is -0.901. The van der Waals surface area contributed by atoms with Crippen LogP contribution in [0.15, 0.2) is 33.5 Å². The Balaban J connectivity index is 2.73. The summed E-state index contributed by atoms with van der Waals surface area (Å²) >= 11 is 0. The first-order valence-corrected chi connectivity index (χ1v) is 4.89. The largest absolute Gasteiger partial charge is 0.425 e. The first kappa shape index (κ1) is 11.3. The van der Waals surface area contributed by atoms with Crippen molar-refractivity contribution in [1.29, 1.82) is 0 Å². The number of nitrogens with zero attached hydrogens (tertiary/aromatic N) is 1. The molecule has 0 aliphatic rings. The maximum absolute atomic E-state index is 11.6. The van der Waals surface area contributed by atoms with Crippen LogP contribution in [0.1, 0.15) is 18.8 Å². The second-order valence-corrected chi connectivity index (χ2v) is 3.64. The van der Waals surface area contributed by atoms with Crippen LogP contribution in [0.3, 0.4) is 0 Å². The molecule has 1 heterocycles. The van der Waals surface area contributed by atoms with Gasteiger partial charge in [0, 0.05) is 12.1 Å². The molecule has 0 bridgehead atoms. The number of rotatable bonds is 2. The van der Waals surface area contributed by atoms with Gasteiger partial charge in [0.05, 0.1) is 10.3 Å². The lowest BCUT2D eigenvalue weighted by Crippen LogP contribution is -2.04. The summed E-state index contributed by atoms with van der Waals surface area (Å²) in [5.74, 6) is 0.136. The minimum Gasteiger partial charge on any atom is -0.425 e. The van der Waals surface area contributed by atoms with E-state index in [1.165, 1.54) is 25.1 Å². The Labute approximate surface area is 95.3 Å². The number of hydrogen-bond acceptors (Lipinski definition) is 5. The molecule has 1 N–H and O–H groups in total. The Hall–Kier alpha value is -2.21. The first-order chi connectivity index (χ1) is 7.99. The minimum absolute atomic E-state index is 0.128. The summed E-state index contributed by atoms with van der Waals surface area (Å²) in [7, 11) is 0. The molecule has 0 saturated heterocycles. The minimum atomic E-state index is -0.901. The van der Waals surface area contributed by atoms with Gasteiger partial charge < -0.3 is 9.52 Å². The third kappa shape index (κ3) is 2.02. The fourth-order valence-electron chi connectivity index (χ4n) is 1.51. The molecule has 6 nitrogen and oxygen atoms in total. The van der Waals surface area contributed by atoms with Crippen molar-refractivity contribution in [3.8, 4) is 0 Å². The summed E-state index contributed by atoms with van der Waals surface area (Å²) in [5.41, 5.74) is -0.864. The highest BCUT2D eigenvalue weighted by molar-refractivity contribution is 5.83. The Bertz CT molecular complexity index is 644. The SMILES string of the molecule is CC(O)c1cc2ccc([N+](=O)[O-])cc2c(=O)o1. The Kier molecular flexibility index (Phi) is 2.64. The molecule has 1 atom stereocenters. The molecule has 0 radical (unpaired) electrons. The summed E-state index contributed by atoms with van der Waals surface area (Å²) in [6.45, 7) is 1.47. The van der Waals surface area contributed by atoms with E-state index in [2.05, 4.69) is 0 Å². The first-order valence-electron chi connectivity index (χ1n) is 4.89. The van der Waals surface area contributed by atoms with E-state index < -0.39 is 16.7 Å². The van der Waals surface area contributed by atoms with Crippen molar-refractivity contribution in [3.63, 3.8) is 0 Å². The van der Waals surface area contributed by atoms with E-state index in [9.17, 15) is 20.0 Å². The monoisotopic (exact) mass is 235 g/mol. The zero-order valence-electron chi connectivity index (χ0n) is 8.91. The van der Waals surface area contributed by atoms with Crippen molar-refractivity contribution in [2.45, 2.75) is 13.0 Å². The molecule has 17 heavy (non-hydrogen) atoms. The summed E-state index contributed by atoms with van der Waals surface area (Å²) in [6, 6.07) is 5.40. The molecule has 88 valence electrons. The summed E-state index contributed by atoms with van der Waals surface area (Å²) in [5, 5.41) is 20.5.